The van der Waals surface area contributed by atoms with E-state index in [1.54, 1.807) is 37.3 Å². The minimum absolute atomic E-state index is 0.0374. The van der Waals surface area contributed by atoms with Crippen molar-refractivity contribution < 1.29 is 28.5 Å². The number of fused-ring (bicyclic) bond motifs is 1. The number of rotatable bonds is 10. The van der Waals surface area contributed by atoms with Gasteiger partial charge in [0.1, 0.15) is 18.1 Å². The largest absolute Gasteiger partial charge is 0.493 e. The topological polar surface area (TPSA) is 86.3 Å². The van der Waals surface area contributed by atoms with Gasteiger partial charge >= 0.3 is 0 Å². The fourth-order valence-electron chi connectivity index (χ4n) is 4.35. The van der Waals surface area contributed by atoms with Gasteiger partial charge in [0.15, 0.2) is 18.1 Å². The highest BCUT2D eigenvalue weighted by Crippen LogP contribution is 2.35. The molecule has 8 nitrogen and oxygen atoms in total. The zero-order chi connectivity index (χ0) is 28.0. The van der Waals surface area contributed by atoms with Crippen LogP contribution in [0.25, 0.3) is 0 Å². The number of hydrogen-bond donors (Lipinski definition) is 1. The van der Waals surface area contributed by atoms with Gasteiger partial charge < -0.3 is 29.2 Å². The summed E-state index contributed by atoms with van der Waals surface area (Å²) < 4.78 is 22.1. The summed E-state index contributed by atoms with van der Waals surface area (Å²) in [5, 5.41) is 2.93. The lowest BCUT2D eigenvalue weighted by molar-refractivity contribution is -0.121. The lowest BCUT2D eigenvalue weighted by Crippen LogP contribution is -2.41. The van der Waals surface area contributed by atoms with Crippen LogP contribution in [0.4, 0.5) is 11.4 Å². The molecular weight excluding hydrogens is 496 g/mol. The summed E-state index contributed by atoms with van der Waals surface area (Å²) in [6.07, 6.45) is 0.826. The molecule has 1 heterocycles. The Hall–Kier alpha value is -4.20. The zero-order valence-corrected chi connectivity index (χ0v) is 23.2. The number of aryl methyl sites for hydroxylation is 1. The highest BCUT2D eigenvalue weighted by atomic mass is 16.5. The molecule has 2 amide bonds. The van der Waals surface area contributed by atoms with Gasteiger partial charge in [0, 0.05) is 12.1 Å². The summed E-state index contributed by atoms with van der Waals surface area (Å²) in [5.74, 6) is 2.31. The highest BCUT2D eigenvalue weighted by Gasteiger charge is 2.26. The van der Waals surface area contributed by atoms with Crippen LogP contribution >= 0.6 is 0 Å². The zero-order valence-electron chi connectivity index (χ0n) is 23.2. The summed E-state index contributed by atoms with van der Waals surface area (Å²) in [6.45, 7) is 7.14. The molecule has 0 aromatic heterocycles. The Morgan fingerprint density at radius 2 is 1.72 bits per heavy atom. The third-order valence-electron chi connectivity index (χ3n) is 6.58. The molecule has 0 bridgehead atoms. The SMILES string of the molecule is COc1ccc(CCC(=O)Nc2ccc3c(c2)N(CCOc2ccc(C(C)(C)C)cc2)C(=O)CO3)cc1OC. The normalized spacial score (nSPS) is 12.8. The maximum Gasteiger partial charge on any atom is 0.265 e. The van der Waals surface area contributed by atoms with Gasteiger partial charge in [-0.3, -0.25) is 9.59 Å². The molecule has 1 N–H and O–H groups in total. The maximum absolute atomic E-state index is 12.7. The van der Waals surface area contributed by atoms with E-state index in [0.29, 0.717) is 48.2 Å². The summed E-state index contributed by atoms with van der Waals surface area (Å²) in [4.78, 5) is 27.0. The lowest BCUT2D eigenvalue weighted by atomic mass is 9.87. The number of methoxy groups -OCH3 is 2. The van der Waals surface area contributed by atoms with E-state index in [1.807, 2.05) is 30.3 Å². The Bertz CT molecular complexity index is 1310. The van der Waals surface area contributed by atoms with Gasteiger partial charge in [0.2, 0.25) is 5.91 Å². The molecule has 3 aromatic rings. The van der Waals surface area contributed by atoms with Crippen LogP contribution in [-0.2, 0) is 21.4 Å². The third kappa shape index (κ3) is 7.02. The molecule has 1 aliphatic rings. The first kappa shape index (κ1) is 27.8. The number of nitrogens with zero attached hydrogens (tertiary/aromatic N) is 1. The van der Waals surface area contributed by atoms with Gasteiger partial charge in [-0.25, -0.2) is 0 Å². The molecule has 0 saturated carbocycles. The van der Waals surface area contributed by atoms with Crippen molar-refractivity contribution in [3.05, 3.63) is 71.8 Å². The van der Waals surface area contributed by atoms with Crippen molar-refractivity contribution >= 4 is 23.2 Å². The van der Waals surface area contributed by atoms with Gasteiger partial charge in [-0.05, 0) is 65.4 Å². The average molecular weight is 533 g/mol. The molecule has 0 unspecified atom stereocenters. The van der Waals surface area contributed by atoms with Gasteiger partial charge in [0.25, 0.3) is 5.91 Å². The highest BCUT2D eigenvalue weighted by molar-refractivity contribution is 5.99. The molecule has 3 aromatic carbocycles. The molecule has 1 aliphatic heterocycles. The van der Waals surface area contributed by atoms with E-state index in [9.17, 15) is 9.59 Å². The van der Waals surface area contributed by atoms with Crippen LogP contribution in [-0.4, -0.2) is 45.8 Å². The minimum atomic E-state index is -0.161. The van der Waals surface area contributed by atoms with Crippen LogP contribution in [0.15, 0.2) is 60.7 Å². The molecule has 0 atom stereocenters. The molecule has 0 aliphatic carbocycles. The maximum atomic E-state index is 12.7. The fraction of sp³-hybridized carbons (Fsp3) is 0.355. The van der Waals surface area contributed by atoms with Crippen molar-refractivity contribution in [2.45, 2.75) is 39.0 Å². The number of carbonyl (C=O) groups is 2. The second-order valence-corrected chi connectivity index (χ2v) is 10.4. The van der Waals surface area contributed by atoms with E-state index in [2.05, 4.69) is 38.2 Å². The van der Waals surface area contributed by atoms with E-state index in [4.69, 9.17) is 18.9 Å². The van der Waals surface area contributed by atoms with Crippen molar-refractivity contribution in [3.63, 3.8) is 0 Å². The summed E-state index contributed by atoms with van der Waals surface area (Å²) in [7, 11) is 3.17. The number of carbonyl (C=O) groups excluding carboxylic acids is 2. The first-order valence-electron chi connectivity index (χ1n) is 13.0. The molecular formula is C31H36N2O6. The Labute approximate surface area is 229 Å². The number of ether oxygens (including phenoxy) is 4. The molecule has 4 rings (SSSR count). The van der Waals surface area contributed by atoms with Crippen molar-refractivity contribution in [3.8, 4) is 23.0 Å². The number of amides is 2. The second kappa shape index (κ2) is 12.1. The number of anilines is 2. The Balaban J connectivity index is 1.36. The van der Waals surface area contributed by atoms with Gasteiger partial charge in [0.05, 0.1) is 26.5 Å². The molecule has 39 heavy (non-hydrogen) atoms. The van der Waals surface area contributed by atoms with Crippen LogP contribution in [0.1, 0.15) is 38.3 Å². The van der Waals surface area contributed by atoms with E-state index >= 15 is 0 Å². The molecule has 0 radical (unpaired) electrons. The summed E-state index contributed by atoms with van der Waals surface area (Å²) >= 11 is 0. The Kier molecular flexibility index (Phi) is 8.64. The van der Waals surface area contributed by atoms with Crippen LogP contribution in [0.3, 0.4) is 0 Å². The van der Waals surface area contributed by atoms with Crippen molar-refractivity contribution in [2.75, 3.05) is 44.2 Å². The first-order chi connectivity index (χ1) is 18.7. The number of benzene rings is 3. The van der Waals surface area contributed by atoms with E-state index in [0.717, 1.165) is 11.3 Å². The number of nitrogens with one attached hydrogen (secondary N) is 1. The van der Waals surface area contributed by atoms with E-state index in [1.165, 1.54) is 5.56 Å². The standard InChI is InChI=1S/C31H36N2O6/c1-31(2,3)22-8-11-24(12-9-22)38-17-16-33-25-19-23(10-14-26(25)39-20-30(33)35)32-29(34)15-7-21-6-13-27(36-4)28(18-21)37-5/h6,8-14,18-19H,7,15-17,20H2,1-5H3,(H,32,34). The first-order valence-corrected chi connectivity index (χ1v) is 13.0. The van der Waals surface area contributed by atoms with Crippen LogP contribution in [0, 0.1) is 0 Å². The molecule has 0 saturated heterocycles. The quantitative estimate of drug-likeness (QED) is 0.378. The fourth-order valence-corrected chi connectivity index (χ4v) is 4.35. The Morgan fingerprint density at radius 3 is 2.41 bits per heavy atom. The molecule has 206 valence electrons. The summed E-state index contributed by atoms with van der Waals surface area (Å²) in [5.41, 5.74) is 3.46. The van der Waals surface area contributed by atoms with E-state index in [-0.39, 0.29) is 30.3 Å². The second-order valence-electron chi connectivity index (χ2n) is 10.4. The van der Waals surface area contributed by atoms with Crippen LogP contribution < -0.4 is 29.2 Å². The smallest absolute Gasteiger partial charge is 0.265 e. The van der Waals surface area contributed by atoms with Gasteiger partial charge in [-0.15, -0.1) is 0 Å². The van der Waals surface area contributed by atoms with E-state index < -0.39 is 0 Å². The van der Waals surface area contributed by atoms with Crippen molar-refractivity contribution in [2.24, 2.45) is 0 Å². The molecule has 8 heteroatoms. The lowest BCUT2D eigenvalue weighted by Gasteiger charge is -2.29. The Morgan fingerprint density at radius 1 is 0.974 bits per heavy atom. The van der Waals surface area contributed by atoms with Crippen LogP contribution in [0.2, 0.25) is 0 Å². The molecule has 0 spiro atoms. The monoisotopic (exact) mass is 532 g/mol. The predicted octanol–water partition coefficient (Wildman–Crippen LogP) is 5.38. The summed E-state index contributed by atoms with van der Waals surface area (Å²) in [6, 6.07) is 18.9. The minimum Gasteiger partial charge on any atom is -0.493 e. The van der Waals surface area contributed by atoms with Gasteiger partial charge in [-0.1, -0.05) is 39.0 Å². The third-order valence-corrected chi connectivity index (χ3v) is 6.58. The average Bonchev–Trinajstić information content (AvgIpc) is 2.92. The predicted molar refractivity (Wildman–Crippen MR) is 151 cm³/mol. The van der Waals surface area contributed by atoms with Crippen molar-refractivity contribution in [1.82, 2.24) is 0 Å². The van der Waals surface area contributed by atoms with Gasteiger partial charge in [-0.2, -0.15) is 0 Å². The number of hydrogen-bond acceptors (Lipinski definition) is 6. The van der Waals surface area contributed by atoms with Crippen LogP contribution in [0.5, 0.6) is 23.0 Å². The molecule has 0 fully saturated rings. The van der Waals surface area contributed by atoms with Crippen molar-refractivity contribution in [1.29, 1.82) is 0 Å².